The van der Waals surface area contributed by atoms with Crippen LogP contribution in [0.3, 0.4) is 0 Å². The van der Waals surface area contributed by atoms with Crippen molar-refractivity contribution in [3.8, 4) is 0 Å². The summed E-state index contributed by atoms with van der Waals surface area (Å²) in [5.74, 6) is 0. The molecule has 1 heterocycles. The number of allylic oxidation sites excluding steroid dienone is 8. The van der Waals surface area contributed by atoms with E-state index in [1.807, 2.05) is 26.0 Å². The molecule has 0 spiro atoms. The predicted octanol–water partition coefficient (Wildman–Crippen LogP) is 10.5. The molecule has 2 rings (SSSR count). The van der Waals surface area contributed by atoms with Crippen molar-refractivity contribution in [1.29, 1.82) is 0 Å². The Balaban J connectivity index is 0.00000316. The van der Waals surface area contributed by atoms with Gasteiger partial charge in [-0.2, -0.15) is 0 Å². The zero-order valence-electron chi connectivity index (χ0n) is 25.0. The average Bonchev–Trinajstić information content (AvgIpc) is 2.89. The van der Waals surface area contributed by atoms with Crippen molar-refractivity contribution in [3.63, 3.8) is 0 Å². The largest absolute Gasteiger partial charge is 0.244 e. The first-order chi connectivity index (χ1) is 17.0. The summed E-state index contributed by atoms with van der Waals surface area (Å²) in [6.45, 7) is 32.1. The highest BCUT2D eigenvalue weighted by molar-refractivity contribution is 5.91. The second-order valence-corrected chi connectivity index (χ2v) is 10.4. The Kier molecular flexibility index (Phi) is 11.8. The van der Waals surface area contributed by atoms with Crippen LogP contribution in [0.5, 0.6) is 0 Å². The molecule has 2 nitrogen and oxygen atoms in total. The maximum atomic E-state index is 5.41. The summed E-state index contributed by atoms with van der Waals surface area (Å²) in [4.78, 5) is 10.8. The van der Waals surface area contributed by atoms with E-state index < -0.39 is 0 Å². The molecule has 0 N–H and O–H groups in total. The van der Waals surface area contributed by atoms with Gasteiger partial charge in [0.05, 0.1) is 22.4 Å². The molecule has 2 aromatic rings. The molecule has 0 aliphatic carbocycles. The summed E-state index contributed by atoms with van der Waals surface area (Å²) >= 11 is 0. The molecular weight excluding hydrogens is 436 g/mol. The van der Waals surface area contributed by atoms with E-state index in [2.05, 4.69) is 99.8 Å². The smallest absolute Gasteiger partial charge is 0.0972 e. The highest BCUT2D eigenvalue weighted by Gasteiger charge is 2.29. The van der Waals surface area contributed by atoms with Crippen LogP contribution in [0, 0.1) is 0 Å². The lowest BCUT2D eigenvalue weighted by molar-refractivity contribution is 0.501. The van der Waals surface area contributed by atoms with E-state index >= 15 is 0 Å². The van der Waals surface area contributed by atoms with Gasteiger partial charge in [-0.3, -0.25) is 0 Å². The van der Waals surface area contributed by atoms with Crippen LogP contribution in [0.2, 0.25) is 0 Å². The molecule has 1 aromatic heterocycles. The topological polar surface area (TPSA) is 25.8 Å². The van der Waals surface area contributed by atoms with Gasteiger partial charge in [0.1, 0.15) is 0 Å². The van der Waals surface area contributed by atoms with Gasteiger partial charge >= 0.3 is 0 Å². The summed E-state index contributed by atoms with van der Waals surface area (Å²) in [6.07, 6.45) is 13.0. The van der Waals surface area contributed by atoms with Gasteiger partial charge in [-0.1, -0.05) is 124 Å². The summed E-state index contributed by atoms with van der Waals surface area (Å²) < 4.78 is 0. The maximum absolute atomic E-state index is 5.41. The van der Waals surface area contributed by atoms with Crippen molar-refractivity contribution < 1.29 is 0 Å². The molecule has 0 radical (unpaired) electrons. The van der Waals surface area contributed by atoms with E-state index in [9.17, 15) is 0 Å². The monoisotopic (exact) mass is 486 g/mol. The molecule has 196 valence electrons. The number of hydrogen-bond acceptors (Lipinski definition) is 2. The molecule has 0 amide bonds. The minimum Gasteiger partial charge on any atom is -0.244 e. The van der Waals surface area contributed by atoms with Crippen molar-refractivity contribution >= 4 is 22.2 Å². The molecule has 0 fully saturated rings. The van der Waals surface area contributed by atoms with Gasteiger partial charge in [0.15, 0.2) is 0 Å². The molecule has 0 unspecified atom stereocenters. The fourth-order valence-electron chi connectivity index (χ4n) is 4.04. The molecule has 0 saturated carbocycles. The zero-order chi connectivity index (χ0) is 27.7. The standard InChI is InChI=1S/C32H44N2.C2H6/c1-12-18-23(14-3)27-28(24(15-4)21-22(7)13-2)34-30-26(32(10,11)17-6)20-19-25(29(30)33-27)31(8,9)16-5;1-2/h12,14-15,18-21H,1,3,13,16-17H2,2,4-11H3;1-2H3/b22-21-,23-18+,24-15+;. The molecule has 36 heavy (non-hydrogen) atoms. The second-order valence-electron chi connectivity index (χ2n) is 10.4. The Morgan fingerprint density at radius 1 is 0.833 bits per heavy atom. The molecule has 0 atom stereocenters. The lowest BCUT2D eigenvalue weighted by Gasteiger charge is -2.30. The molecule has 1 aromatic carbocycles. The predicted molar refractivity (Wildman–Crippen MR) is 164 cm³/mol. The SMILES string of the molecule is C=C/C=C(\C=C)c1nc2c(C(C)(C)CC)ccc(C(C)(C)CC)c2nc1C(/C=C(/C)CC)=C/C.CC. The molecular formula is C34H50N2. The average molecular weight is 487 g/mol. The Morgan fingerprint density at radius 3 is 1.61 bits per heavy atom. The van der Waals surface area contributed by atoms with Gasteiger partial charge in [-0.25, -0.2) is 9.97 Å². The van der Waals surface area contributed by atoms with Crippen LogP contribution in [-0.4, -0.2) is 9.97 Å². The Bertz CT molecular complexity index is 1150. The molecule has 0 aliphatic heterocycles. The van der Waals surface area contributed by atoms with Gasteiger partial charge in [0.2, 0.25) is 0 Å². The number of aromatic nitrogens is 2. The summed E-state index contributed by atoms with van der Waals surface area (Å²) in [7, 11) is 0. The first-order valence-corrected chi connectivity index (χ1v) is 13.7. The van der Waals surface area contributed by atoms with E-state index in [4.69, 9.17) is 9.97 Å². The van der Waals surface area contributed by atoms with Crippen LogP contribution < -0.4 is 0 Å². The highest BCUT2D eigenvalue weighted by Crippen LogP contribution is 2.39. The quantitative estimate of drug-likeness (QED) is 0.312. The van der Waals surface area contributed by atoms with Crippen LogP contribution in [-0.2, 0) is 10.8 Å². The maximum Gasteiger partial charge on any atom is 0.0972 e. The second kappa shape index (κ2) is 13.5. The molecule has 0 saturated heterocycles. The number of rotatable bonds is 10. The summed E-state index contributed by atoms with van der Waals surface area (Å²) in [6, 6.07) is 4.56. The number of benzene rings is 1. The van der Waals surface area contributed by atoms with Gasteiger partial charge < -0.3 is 0 Å². The molecule has 0 aliphatic rings. The number of fused-ring (bicyclic) bond motifs is 1. The normalized spacial score (nSPS) is 13.4. The van der Waals surface area contributed by atoms with Crippen molar-refractivity contribution in [2.24, 2.45) is 0 Å². The first kappa shape index (κ1) is 31.3. The van der Waals surface area contributed by atoms with Crippen molar-refractivity contribution in [1.82, 2.24) is 9.97 Å². The van der Waals surface area contributed by atoms with E-state index in [0.717, 1.165) is 52.8 Å². The van der Waals surface area contributed by atoms with Crippen molar-refractivity contribution in [2.75, 3.05) is 0 Å². The van der Waals surface area contributed by atoms with E-state index in [0.29, 0.717) is 0 Å². The lowest BCUT2D eigenvalue weighted by atomic mass is 9.76. The third-order valence-corrected chi connectivity index (χ3v) is 7.38. The van der Waals surface area contributed by atoms with Crippen LogP contribution in [0.1, 0.15) is 118 Å². The highest BCUT2D eigenvalue weighted by atomic mass is 14.8. The minimum absolute atomic E-state index is 0.00983. The fraction of sp³-hybridized carbons (Fsp3) is 0.471. The Hall–Kier alpha value is -2.74. The third-order valence-electron chi connectivity index (χ3n) is 7.38. The van der Waals surface area contributed by atoms with Crippen LogP contribution in [0.25, 0.3) is 22.2 Å². The van der Waals surface area contributed by atoms with Gasteiger partial charge in [0.25, 0.3) is 0 Å². The lowest BCUT2D eigenvalue weighted by Crippen LogP contribution is -2.21. The van der Waals surface area contributed by atoms with Gasteiger partial charge in [-0.05, 0) is 60.6 Å². The molecule has 0 bridgehead atoms. The third kappa shape index (κ3) is 6.72. The zero-order valence-corrected chi connectivity index (χ0v) is 25.0. The fourth-order valence-corrected chi connectivity index (χ4v) is 4.04. The number of hydrogen-bond donors (Lipinski definition) is 0. The van der Waals surface area contributed by atoms with E-state index in [-0.39, 0.29) is 10.8 Å². The summed E-state index contributed by atoms with van der Waals surface area (Å²) in [5, 5.41) is 0. The first-order valence-electron chi connectivity index (χ1n) is 13.7. The van der Waals surface area contributed by atoms with Gasteiger partial charge in [0, 0.05) is 5.57 Å². The van der Waals surface area contributed by atoms with E-state index in [1.54, 1.807) is 6.08 Å². The van der Waals surface area contributed by atoms with Crippen molar-refractivity contribution in [2.45, 2.75) is 106 Å². The van der Waals surface area contributed by atoms with Crippen molar-refractivity contribution in [3.05, 3.63) is 83.8 Å². The Labute approximate surface area is 222 Å². The summed E-state index contributed by atoms with van der Waals surface area (Å²) in [5.41, 5.74) is 9.55. The van der Waals surface area contributed by atoms with Gasteiger partial charge in [-0.15, -0.1) is 0 Å². The Morgan fingerprint density at radius 2 is 1.28 bits per heavy atom. The number of nitrogens with zero attached hydrogens (tertiary/aromatic N) is 2. The van der Waals surface area contributed by atoms with E-state index in [1.165, 1.54) is 16.7 Å². The molecule has 2 heteroatoms. The minimum atomic E-state index is -0.0147. The van der Waals surface area contributed by atoms with Crippen LogP contribution in [0.4, 0.5) is 0 Å². The van der Waals surface area contributed by atoms with Crippen LogP contribution >= 0.6 is 0 Å². The van der Waals surface area contributed by atoms with Crippen LogP contribution in [0.15, 0.2) is 61.2 Å².